The van der Waals surface area contributed by atoms with Gasteiger partial charge in [-0.2, -0.15) is 0 Å². The number of morpholine rings is 1. The lowest BCUT2D eigenvalue weighted by atomic mass is 9.84. The second kappa shape index (κ2) is 18.3. The summed E-state index contributed by atoms with van der Waals surface area (Å²) in [7, 11) is 0. The van der Waals surface area contributed by atoms with Crippen molar-refractivity contribution in [2.75, 3.05) is 39.4 Å². The van der Waals surface area contributed by atoms with Gasteiger partial charge in [-0.05, 0) is 68.7 Å². The Hall–Kier alpha value is -2.20. The Balaban J connectivity index is 1.54. The summed E-state index contributed by atoms with van der Waals surface area (Å²) in [6.07, 6.45) is 9.86. The number of carbonyl (C=O) groups excluding carboxylic acids is 3. The summed E-state index contributed by atoms with van der Waals surface area (Å²) in [6.45, 7) is 5.03. The van der Waals surface area contributed by atoms with E-state index in [-0.39, 0.29) is 18.2 Å². The molecule has 1 aliphatic heterocycles. The molecule has 1 aromatic carbocycles. The molecule has 3 rings (SSSR count). The van der Waals surface area contributed by atoms with Crippen molar-refractivity contribution < 1.29 is 24.3 Å². The Bertz CT molecular complexity index is 904. The van der Waals surface area contributed by atoms with Gasteiger partial charge < -0.3 is 15.4 Å². The van der Waals surface area contributed by atoms with Crippen LogP contribution >= 0.6 is 11.6 Å². The van der Waals surface area contributed by atoms with Gasteiger partial charge in [0.15, 0.2) is 0 Å². The summed E-state index contributed by atoms with van der Waals surface area (Å²) in [6, 6.07) is 6.92. The van der Waals surface area contributed by atoms with Gasteiger partial charge in [-0.1, -0.05) is 55.8 Å². The number of amides is 3. The second-order valence-corrected chi connectivity index (χ2v) is 11.6. The molecular weight excluding hydrogens is 532 g/mol. The standard InChI is InChI=1S/C30H47ClN4O5/c31-26-13-11-23(12-14-26)9-6-10-25(22-28(36)34-39)29(37)33-27(21-24-7-2-1-3-8-24)30(38)32-15-4-5-16-35-17-19-40-20-18-35/h11-14,24-25,27,39H,1-10,15-22H2,(H,32,38)(H,33,37)(H,34,36)/t25-,27+/m1/s1. The maximum absolute atomic E-state index is 13.4. The van der Waals surface area contributed by atoms with Gasteiger partial charge in [-0.15, -0.1) is 0 Å². The number of hydrogen-bond acceptors (Lipinski definition) is 6. The summed E-state index contributed by atoms with van der Waals surface area (Å²) < 4.78 is 5.40. The Morgan fingerprint density at radius 2 is 1.73 bits per heavy atom. The highest BCUT2D eigenvalue weighted by Gasteiger charge is 2.29. The van der Waals surface area contributed by atoms with Crippen molar-refractivity contribution in [3.05, 3.63) is 34.9 Å². The molecule has 2 aliphatic rings. The minimum Gasteiger partial charge on any atom is -0.379 e. The first-order valence-electron chi connectivity index (χ1n) is 15.0. The zero-order valence-electron chi connectivity index (χ0n) is 23.7. The molecule has 4 N–H and O–H groups in total. The van der Waals surface area contributed by atoms with Gasteiger partial charge in [-0.25, -0.2) is 5.48 Å². The molecule has 1 saturated carbocycles. The molecular formula is C30H47ClN4O5. The maximum Gasteiger partial charge on any atom is 0.244 e. The summed E-state index contributed by atoms with van der Waals surface area (Å²) in [5.41, 5.74) is 2.74. The number of benzene rings is 1. The third kappa shape index (κ3) is 12.1. The van der Waals surface area contributed by atoms with Gasteiger partial charge in [0, 0.05) is 37.0 Å². The number of aryl methyl sites for hydroxylation is 1. The first-order valence-corrected chi connectivity index (χ1v) is 15.4. The smallest absolute Gasteiger partial charge is 0.244 e. The minimum absolute atomic E-state index is 0.137. The van der Waals surface area contributed by atoms with E-state index in [4.69, 9.17) is 21.5 Å². The third-order valence-corrected chi connectivity index (χ3v) is 8.34. The van der Waals surface area contributed by atoms with E-state index < -0.39 is 17.9 Å². The highest BCUT2D eigenvalue weighted by molar-refractivity contribution is 6.30. The van der Waals surface area contributed by atoms with E-state index in [0.717, 1.165) is 83.4 Å². The van der Waals surface area contributed by atoms with E-state index in [2.05, 4.69) is 15.5 Å². The number of halogens is 1. The zero-order valence-corrected chi connectivity index (χ0v) is 24.4. The van der Waals surface area contributed by atoms with Crippen molar-refractivity contribution in [1.82, 2.24) is 21.0 Å². The van der Waals surface area contributed by atoms with Crippen LogP contribution in [0.5, 0.6) is 0 Å². The number of ether oxygens (including phenoxy) is 1. The number of rotatable bonds is 16. The van der Waals surface area contributed by atoms with E-state index in [1.54, 1.807) is 5.48 Å². The van der Waals surface area contributed by atoms with Crippen LogP contribution in [-0.4, -0.2) is 73.3 Å². The molecule has 40 heavy (non-hydrogen) atoms. The first-order chi connectivity index (χ1) is 19.4. The van der Waals surface area contributed by atoms with Crippen molar-refractivity contribution >= 4 is 29.3 Å². The van der Waals surface area contributed by atoms with Crippen molar-refractivity contribution in [2.45, 2.75) is 83.1 Å². The van der Waals surface area contributed by atoms with Crippen molar-refractivity contribution in [2.24, 2.45) is 11.8 Å². The minimum atomic E-state index is -0.644. The number of carbonyl (C=O) groups is 3. The monoisotopic (exact) mass is 578 g/mol. The lowest BCUT2D eigenvalue weighted by molar-refractivity contribution is -0.136. The highest BCUT2D eigenvalue weighted by atomic mass is 35.5. The Labute approximate surface area is 243 Å². The number of nitrogens with zero attached hydrogens (tertiary/aromatic N) is 1. The largest absolute Gasteiger partial charge is 0.379 e. The maximum atomic E-state index is 13.4. The fraction of sp³-hybridized carbons (Fsp3) is 0.700. The predicted octanol–water partition coefficient (Wildman–Crippen LogP) is 3.86. The molecule has 0 unspecified atom stereocenters. The van der Waals surface area contributed by atoms with E-state index in [0.29, 0.717) is 36.7 Å². The SMILES string of the molecule is O=C(C[C@@H](CCCc1ccc(Cl)cc1)C(=O)N[C@@H](CC1CCCCC1)C(=O)NCCCCN1CCOCC1)NO. The van der Waals surface area contributed by atoms with Gasteiger partial charge in [0.1, 0.15) is 6.04 Å². The van der Waals surface area contributed by atoms with E-state index >= 15 is 0 Å². The number of unbranched alkanes of at least 4 members (excludes halogenated alkanes) is 1. The fourth-order valence-corrected chi connectivity index (χ4v) is 5.82. The van der Waals surface area contributed by atoms with Crippen molar-refractivity contribution in [3.8, 4) is 0 Å². The molecule has 0 bridgehead atoms. The van der Waals surface area contributed by atoms with Gasteiger partial charge in [0.05, 0.1) is 13.2 Å². The Morgan fingerprint density at radius 1 is 1.00 bits per heavy atom. The fourth-order valence-electron chi connectivity index (χ4n) is 5.70. The molecule has 9 nitrogen and oxygen atoms in total. The van der Waals surface area contributed by atoms with Crippen LogP contribution in [0.4, 0.5) is 0 Å². The lowest BCUT2D eigenvalue weighted by Crippen LogP contribution is -2.50. The van der Waals surface area contributed by atoms with Gasteiger partial charge in [0.2, 0.25) is 17.7 Å². The van der Waals surface area contributed by atoms with Gasteiger partial charge in [-0.3, -0.25) is 24.5 Å². The first kappa shape index (κ1) is 32.3. The van der Waals surface area contributed by atoms with Crippen LogP contribution in [-0.2, 0) is 25.5 Å². The number of hydrogen-bond donors (Lipinski definition) is 4. The predicted molar refractivity (Wildman–Crippen MR) is 155 cm³/mol. The molecule has 0 aromatic heterocycles. The molecule has 1 aliphatic carbocycles. The molecule has 0 spiro atoms. The van der Waals surface area contributed by atoms with Crippen LogP contribution in [0.3, 0.4) is 0 Å². The van der Waals surface area contributed by atoms with Crippen LogP contribution in [0.1, 0.15) is 76.2 Å². The zero-order chi connectivity index (χ0) is 28.6. The van der Waals surface area contributed by atoms with Crippen molar-refractivity contribution in [1.29, 1.82) is 0 Å². The molecule has 0 radical (unpaired) electrons. The molecule has 10 heteroatoms. The van der Waals surface area contributed by atoms with Crippen LogP contribution in [0, 0.1) is 11.8 Å². The molecule has 2 fully saturated rings. The average molecular weight is 579 g/mol. The number of nitrogens with one attached hydrogen (secondary N) is 3. The Kier molecular flexibility index (Phi) is 14.8. The molecule has 1 saturated heterocycles. The summed E-state index contributed by atoms with van der Waals surface area (Å²) in [5, 5.41) is 15.8. The second-order valence-electron chi connectivity index (χ2n) is 11.2. The number of hydroxylamine groups is 1. The Morgan fingerprint density at radius 3 is 2.42 bits per heavy atom. The normalized spacial score (nSPS) is 18.1. The van der Waals surface area contributed by atoms with Crippen LogP contribution in [0.25, 0.3) is 0 Å². The summed E-state index contributed by atoms with van der Waals surface area (Å²) in [4.78, 5) is 41.1. The van der Waals surface area contributed by atoms with Crippen LogP contribution in [0.2, 0.25) is 5.02 Å². The highest BCUT2D eigenvalue weighted by Crippen LogP contribution is 2.28. The summed E-state index contributed by atoms with van der Waals surface area (Å²) in [5.74, 6) is -1.33. The van der Waals surface area contributed by atoms with E-state index in [1.165, 1.54) is 6.42 Å². The van der Waals surface area contributed by atoms with E-state index in [9.17, 15) is 14.4 Å². The van der Waals surface area contributed by atoms with Crippen molar-refractivity contribution in [3.63, 3.8) is 0 Å². The third-order valence-electron chi connectivity index (χ3n) is 8.09. The average Bonchev–Trinajstić information content (AvgIpc) is 2.98. The van der Waals surface area contributed by atoms with Gasteiger partial charge in [0.25, 0.3) is 0 Å². The molecule has 2 atom stereocenters. The molecule has 1 heterocycles. The quantitative estimate of drug-likeness (QED) is 0.134. The molecule has 3 amide bonds. The van der Waals surface area contributed by atoms with Crippen LogP contribution < -0.4 is 16.1 Å². The lowest BCUT2D eigenvalue weighted by Gasteiger charge is -2.28. The summed E-state index contributed by atoms with van der Waals surface area (Å²) >= 11 is 5.97. The van der Waals surface area contributed by atoms with E-state index in [1.807, 2.05) is 24.3 Å². The molecule has 224 valence electrons. The molecule has 1 aromatic rings. The van der Waals surface area contributed by atoms with Gasteiger partial charge >= 0.3 is 0 Å². The topological polar surface area (TPSA) is 120 Å². The van der Waals surface area contributed by atoms with Crippen LogP contribution in [0.15, 0.2) is 24.3 Å².